The van der Waals surface area contributed by atoms with E-state index in [1.165, 1.54) is 12.8 Å². The molecular formula is C13H19N7. The maximum Gasteiger partial charge on any atom is 0.230 e. The summed E-state index contributed by atoms with van der Waals surface area (Å²) < 4.78 is 2.04. The van der Waals surface area contributed by atoms with Gasteiger partial charge in [-0.05, 0) is 19.3 Å². The van der Waals surface area contributed by atoms with Gasteiger partial charge in [0.1, 0.15) is 0 Å². The molecule has 1 aliphatic heterocycles. The number of nitrogens with two attached hydrogens (primary N) is 1. The molecule has 2 aromatic rings. The molecule has 1 saturated heterocycles. The van der Waals surface area contributed by atoms with Crippen LogP contribution in [0.2, 0.25) is 0 Å². The van der Waals surface area contributed by atoms with Gasteiger partial charge in [-0.15, -0.1) is 0 Å². The van der Waals surface area contributed by atoms with Gasteiger partial charge in [0.15, 0.2) is 5.82 Å². The van der Waals surface area contributed by atoms with Crippen molar-refractivity contribution in [2.75, 3.05) is 23.7 Å². The van der Waals surface area contributed by atoms with Gasteiger partial charge in [0, 0.05) is 32.0 Å². The van der Waals surface area contributed by atoms with Gasteiger partial charge in [0.2, 0.25) is 17.7 Å². The van der Waals surface area contributed by atoms with Crippen LogP contribution in [0.4, 0.5) is 11.9 Å². The molecule has 0 atom stereocenters. The van der Waals surface area contributed by atoms with E-state index >= 15 is 0 Å². The monoisotopic (exact) mass is 273 g/mol. The summed E-state index contributed by atoms with van der Waals surface area (Å²) >= 11 is 0. The predicted octanol–water partition coefficient (Wildman–Crippen LogP) is 1.33. The van der Waals surface area contributed by atoms with Crippen LogP contribution in [-0.2, 0) is 6.54 Å². The van der Waals surface area contributed by atoms with Crippen molar-refractivity contribution in [1.29, 1.82) is 0 Å². The molecule has 2 aromatic heterocycles. The second-order valence-electron chi connectivity index (χ2n) is 4.96. The fourth-order valence-corrected chi connectivity index (χ4v) is 2.48. The van der Waals surface area contributed by atoms with Crippen LogP contribution in [-0.4, -0.2) is 37.6 Å². The third kappa shape index (κ3) is 2.43. The first-order chi connectivity index (χ1) is 9.78. The number of nitrogens with zero attached hydrogens (tertiary/aromatic N) is 6. The lowest BCUT2D eigenvalue weighted by Gasteiger charge is -2.15. The molecule has 3 rings (SSSR count). The maximum atomic E-state index is 5.83. The second-order valence-corrected chi connectivity index (χ2v) is 4.96. The summed E-state index contributed by atoms with van der Waals surface area (Å²) in [5.41, 5.74) is 5.83. The highest BCUT2D eigenvalue weighted by Gasteiger charge is 2.18. The fourth-order valence-electron chi connectivity index (χ4n) is 2.48. The number of hydrogen-bond acceptors (Lipinski definition) is 6. The molecule has 0 radical (unpaired) electrons. The first-order valence-corrected chi connectivity index (χ1v) is 7.06. The summed E-state index contributed by atoms with van der Waals surface area (Å²) in [4.78, 5) is 19.5. The minimum atomic E-state index is 0.253. The smallest absolute Gasteiger partial charge is 0.230 e. The Morgan fingerprint density at radius 3 is 2.75 bits per heavy atom. The molecule has 0 bridgehead atoms. The van der Waals surface area contributed by atoms with Crippen LogP contribution in [0.3, 0.4) is 0 Å². The fraction of sp³-hybridized carbons (Fsp3) is 0.538. The predicted molar refractivity (Wildman–Crippen MR) is 77.2 cm³/mol. The van der Waals surface area contributed by atoms with Gasteiger partial charge in [-0.2, -0.15) is 15.0 Å². The van der Waals surface area contributed by atoms with E-state index in [4.69, 9.17) is 5.73 Å². The second kappa shape index (κ2) is 5.44. The summed E-state index contributed by atoms with van der Waals surface area (Å²) in [5, 5.41) is 0. The highest BCUT2D eigenvalue weighted by atomic mass is 15.3. The lowest BCUT2D eigenvalue weighted by molar-refractivity contribution is 0.681. The summed E-state index contributed by atoms with van der Waals surface area (Å²) in [6, 6.07) is 0. The van der Waals surface area contributed by atoms with E-state index in [0.717, 1.165) is 31.9 Å². The number of aromatic nitrogens is 5. The normalized spacial score (nSPS) is 14.9. The van der Waals surface area contributed by atoms with Crippen LogP contribution in [0.5, 0.6) is 0 Å². The molecular weight excluding hydrogens is 254 g/mol. The lowest BCUT2D eigenvalue weighted by atomic mass is 10.4. The molecule has 0 unspecified atom stereocenters. The number of aryl methyl sites for hydroxylation is 1. The molecule has 0 amide bonds. The SMILES string of the molecule is CCCn1ccnc1-c1nc(N)nc(N2CCCC2)n1. The number of rotatable bonds is 4. The van der Waals surface area contributed by atoms with Gasteiger partial charge >= 0.3 is 0 Å². The van der Waals surface area contributed by atoms with Crippen LogP contribution in [0.1, 0.15) is 26.2 Å². The van der Waals surface area contributed by atoms with Crippen molar-refractivity contribution in [2.24, 2.45) is 0 Å². The first kappa shape index (κ1) is 12.8. The van der Waals surface area contributed by atoms with E-state index in [1.807, 2.05) is 10.8 Å². The molecule has 7 heteroatoms. The molecule has 1 aliphatic rings. The summed E-state index contributed by atoms with van der Waals surface area (Å²) in [6.07, 6.45) is 7.08. The number of hydrogen-bond donors (Lipinski definition) is 1. The molecule has 0 saturated carbocycles. The molecule has 20 heavy (non-hydrogen) atoms. The van der Waals surface area contributed by atoms with Crippen molar-refractivity contribution in [1.82, 2.24) is 24.5 Å². The van der Waals surface area contributed by atoms with Crippen molar-refractivity contribution in [2.45, 2.75) is 32.7 Å². The van der Waals surface area contributed by atoms with Crippen LogP contribution in [0.15, 0.2) is 12.4 Å². The molecule has 7 nitrogen and oxygen atoms in total. The molecule has 0 aliphatic carbocycles. The highest BCUT2D eigenvalue weighted by molar-refractivity contribution is 5.50. The Balaban J connectivity index is 1.98. The lowest BCUT2D eigenvalue weighted by Crippen LogP contribution is -2.22. The van der Waals surface area contributed by atoms with Crippen molar-refractivity contribution < 1.29 is 0 Å². The van der Waals surface area contributed by atoms with E-state index in [0.29, 0.717) is 11.8 Å². The number of anilines is 2. The zero-order valence-corrected chi connectivity index (χ0v) is 11.7. The third-order valence-electron chi connectivity index (χ3n) is 3.41. The first-order valence-electron chi connectivity index (χ1n) is 7.06. The van der Waals surface area contributed by atoms with Gasteiger partial charge in [-0.3, -0.25) is 0 Å². The van der Waals surface area contributed by atoms with Crippen LogP contribution >= 0.6 is 0 Å². The minimum absolute atomic E-state index is 0.253. The van der Waals surface area contributed by atoms with Crippen LogP contribution in [0, 0.1) is 0 Å². The average Bonchev–Trinajstić information content (AvgIpc) is 3.09. The van der Waals surface area contributed by atoms with E-state index in [1.54, 1.807) is 6.20 Å². The van der Waals surface area contributed by atoms with Gasteiger partial charge < -0.3 is 15.2 Å². The molecule has 106 valence electrons. The minimum Gasteiger partial charge on any atom is -0.368 e. The van der Waals surface area contributed by atoms with E-state index in [9.17, 15) is 0 Å². The number of nitrogen functional groups attached to an aromatic ring is 1. The molecule has 1 fully saturated rings. The average molecular weight is 273 g/mol. The topological polar surface area (TPSA) is 85.8 Å². The molecule has 2 N–H and O–H groups in total. The quantitative estimate of drug-likeness (QED) is 0.904. The van der Waals surface area contributed by atoms with E-state index in [-0.39, 0.29) is 5.95 Å². The zero-order chi connectivity index (χ0) is 13.9. The molecule has 3 heterocycles. The van der Waals surface area contributed by atoms with Crippen molar-refractivity contribution in [3.05, 3.63) is 12.4 Å². The zero-order valence-electron chi connectivity index (χ0n) is 11.7. The Morgan fingerprint density at radius 2 is 2.00 bits per heavy atom. The highest BCUT2D eigenvalue weighted by Crippen LogP contribution is 2.20. The van der Waals surface area contributed by atoms with Gasteiger partial charge in [-0.1, -0.05) is 6.92 Å². The van der Waals surface area contributed by atoms with Crippen LogP contribution < -0.4 is 10.6 Å². The van der Waals surface area contributed by atoms with Crippen molar-refractivity contribution in [3.63, 3.8) is 0 Å². The van der Waals surface area contributed by atoms with Crippen molar-refractivity contribution >= 4 is 11.9 Å². The Hall–Kier alpha value is -2.18. The molecule has 0 aromatic carbocycles. The van der Waals surface area contributed by atoms with Gasteiger partial charge in [0.05, 0.1) is 0 Å². The van der Waals surface area contributed by atoms with E-state index < -0.39 is 0 Å². The summed E-state index contributed by atoms with van der Waals surface area (Å²) in [6.45, 7) is 4.97. The Kier molecular flexibility index (Phi) is 3.49. The van der Waals surface area contributed by atoms with E-state index in [2.05, 4.69) is 31.8 Å². The Labute approximate surface area is 117 Å². The van der Waals surface area contributed by atoms with Gasteiger partial charge in [0.25, 0.3) is 0 Å². The van der Waals surface area contributed by atoms with Gasteiger partial charge in [-0.25, -0.2) is 4.98 Å². The number of imidazole rings is 1. The van der Waals surface area contributed by atoms with Crippen molar-refractivity contribution in [3.8, 4) is 11.6 Å². The Morgan fingerprint density at radius 1 is 1.20 bits per heavy atom. The summed E-state index contributed by atoms with van der Waals surface area (Å²) in [7, 11) is 0. The summed E-state index contributed by atoms with van der Waals surface area (Å²) in [5.74, 6) is 2.22. The maximum absolute atomic E-state index is 5.83. The molecule has 0 spiro atoms. The van der Waals surface area contributed by atoms with Crippen LogP contribution in [0.25, 0.3) is 11.6 Å². The largest absolute Gasteiger partial charge is 0.368 e. The Bertz CT molecular complexity index is 586. The standard InChI is InChI=1S/C13H19N7/c1-2-6-19-9-5-15-11(19)10-16-12(14)18-13(17-10)20-7-3-4-8-20/h5,9H,2-4,6-8H2,1H3,(H2,14,16,17,18). The third-order valence-corrected chi connectivity index (χ3v) is 3.41.